The van der Waals surface area contributed by atoms with E-state index in [1.54, 1.807) is 18.2 Å². The standard InChI is InChI=1S/C18H18N2O4S/c1-2-3-13-25(22)24-23-20-17(14-9-5-4-6-10-14)19-16-12-8-7-11-15(16)18(20)21/h4-12H,2-3,13H2,1H3. The van der Waals surface area contributed by atoms with Crippen LogP contribution in [0.15, 0.2) is 59.4 Å². The summed E-state index contributed by atoms with van der Waals surface area (Å²) in [5.41, 5.74) is 0.823. The van der Waals surface area contributed by atoms with Crippen molar-refractivity contribution < 1.29 is 13.5 Å². The van der Waals surface area contributed by atoms with Crippen LogP contribution in [0.4, 0.5) is 0 Å². The van der Waals surface area contributed by atoms with Crippen molar-refractivity contribution in [1.82, 2.24) is 9.71 Å². The maximum Gasteiger partial charge on any atom is 0.297 e. The summed E-state index contributed by atoms with van der Waals surface area (Å²) in [7, 11) is 0. The molecule has 1 unspecified atom stereocenters. The van der Waals surface area contributed by atoms with Crippen LogP contribution in [0.25, 0.3) is 22.3 Å². The topological polar surface area (TPSA) is 70.4 Å². The van der Waals surface area contributed by atoms with E-state index < -0.39 is 16.6 Å². The van der Waals surface area contributed by atoms with Gasteiger partial charge in [0.2, 0.25) is 11.1 Å². The molecule has 0 radical (unpaired) electrons. The molecule has 1 atom stereocenters. The van der Waals surface area contributed by atoms with Crippen LogP contribution in [-0.4, -0.2) is 19.7 Å². The molecule has 0 saturated carbocycles. The molecule has 0 amide bonds. The van der Waals surface area contributed by atoms with Gasteiger partial charge in [-0.25, -0.2) is 14.2 Å². The molecule has 0 aliphatic rings. The van der Waals surface area contributed by atoms with E-state index in [1.165, 1.54) is 0 Å². The van der Waals surface area contributed by atoms with Crippen LogP contribution in [-0.2, 0) is 15.4 Å². The van der Waals surface area contributed by atoms with E-state index in [0.717, 1.165) is 17.6 Å². The second-order valence-corrected chi connectivity index (χ2v) is 6.57. The van der Waals surface area contributed by atoms with Gasteiger partial charge in [0.1, 0.15) is 0 Å². The van der Waals surface area contributed by atoms with Crippen molar-refractivity contribution in [3.63, 3.8) is 0 Å². The number of aromatic nitrogens is 2. The SMILES string of the molecule is CCCCS(=O)OOn1c(-c2ccccc2)nc2ccccc2c1=O. The van der Waals surface area contributed by atoms with Gasteiger partial charge in [0.25, 0.3) is 5.56 Å². The molecule has 130 valence electrons. The predicted octanol–water partition coefficient (Wildman–Crippen LogP) is 2.89. The van der Waals surface area contributed by atoms with E-state index in [0.29, 0.717) is 22.2 Å². The van der Waals surface area contributed by atoms with Gasteiger partial charge in [0, 0.05) is 5.56 Å². The van der Waals surface area contributed by atoms with Gasteiger partial charge in [0.05, 0.1) is 16.7 Å². The summed E-state index contributed by atoms with van der Waals surface area (Å²) < 4.78 is 17.7. The molecule has 0 aliphatic heterocycles. The van der Waals surface area contributed by atoms with Crippen LogP contribution in [0.3, 0.4) is 0 Å². The monoisotopic (exact) mass is 358 g/mol. The van der Waals surface area contributed by atoms with Crippen LogP contribution in [0, 0.1) is 0 Å². The summed E-state index contributed by atoms with van der Waals surface area (Å²) in [4.78, 5) is 22.4. The molecule has 0 aliphatic carbocycles. The van der Waals surface area contributed by atoms with E-state index in [2.05, 4.69) is 4.98 Å². The number of rotatable bonds is 7. The molecule has 3 rings (SSSR count). The van der Waals surface area contributed by atoms with Crippen molar-refractivity contribution in [3.05, 3.63) is 65.0 Å². The minimum atomic E-state index is -1.64. The smallest absolute Gasteiger partial charge is 0.265 e. The Morgan fingerprint density at radius 1 is 1.08 bits per heavy atom. The van der Waals surface area contributed by atoms with Crippen molar-refractivity contribution >= 4 is 22.0 Å². The average Bonchev–Trinajstić information content (AvgIpc) is 2.66. The van der Waals surface area contributed by atoms with Crippen molar-refractivity contribution in [2.45, 2.75) is 19.8 Å². The lowest BCUT2D eigenvalue weighted by Gasteiger charge is -2.11. The molecule has 1 heterocycles. The molecule has 7 heteroatoms. The van der Waals surface area contributed by atoms with Crippen molar-refractivity contribution in [2.75, 3.05) is 5.75 Å². The van der Waals surface area contributed by atoms with E-state index in [1.807, 2.05) is 43.3 Å². The Morgan fingerprint density at radius 2 is 1.80 bits per heavy atom. The Balaban J connectivity index is 2.03. The van der Waals surface area contributed by atoms with Gasteiger partial charge in [-0.15, -0.1) is 0 Å². The van der Waals surface area contributed by atoms with Crippen LogP contribution < -0.4 is 10.5 Å². The summed E-state index contributed by atoms with van der Waals surface area (Å²) in [6, 6.07) is 16.1. The molecule has 1 aromatic heterocycles. The largest absolute Gasteiger partial charge is 0.297 e. The normalized spacial score (nSPS) is 12.2. The summed E-state index contributed by atoms with van der Waals surface area (Å²) >= 11 is -1.64. The third-order valence-corrected chi connectivity index (χ3v) is 4.45. The molecule has 0 saturated heterocycles. The maximum absolute atomic E-state index is 12.8. The molecular formula is C18H18N2O4S. The van der Waals surface area contributed by atoms with Crippen LogP contribution in [0.1, 0.15) is 19.8 Å². The van der Waals surface area contributed by atoms with E-state index in [-0.39, 0.29) is 5.82 Å². The zero-order chi connectivity index (χ0) is 17.6. The van der Waals surface area contributed by atoms with Gasteiger partial charge in [-0.3, -0.25) is 4.79 Å². The summed E-state index contributed by atoms with van der Waals surface area (Å²) in [6.07, 6.45) is 1.63. The first-order valence-corrected chi connectivity index (χ1v) is 9.26. The second-order valence-electron chi connectivity index (χ2n) is 5.42. The van der Waals surface area contributed by atoms with Crippen molar-refractivity contribution in [2.24, 2.45) is 0 Å². The first-order valence-electron chi connectivity index (χ1n) is 8.01. The minimum Gasteiger partial charge on any atom is -0.265 e. The summed E-state index contributed by atoms with van der Waals surface area (Å²) in [5.74, 6) is 0.629. The lowest BCUT2D eigenvalue weighted by molar-refractivity contribution is -0.200. The highest BCUT2D eigenvalue weighted by Crippen LogP contribution is 2.18. The fourth-order valence-corrected chi connectivity index (χ4v) is 3.04. The molecular weight excluding hydrogens is 340 g/mol. The van der Waals surface area contributed by atoms with Crippen LogP contribution in [0.5, 0.6) is 0 Å². The lowest BCUT2D eigenvalue weighted by atomic mass is 10.2. The van der Waals surface area contributed by atoms with Crippen LogP contribution >= 0.6 is 0 Å². The predicted molar refractivity (Wildman–Crippen MR) is 97.0 cm³/mol. The molecule has 0 fully saturated rings. The van der Waals surface area contributed by atoms with E-state index in [9.17, 15) is 9.00 Å². The molecule has 0 N–H and O–H groups in total. The Morgan fingerprint density at radius 3 is 2.56 bits per heavy atom. The van der Waals surface area contributed by atoms with Gasteiger partial charge in [0.15, 0.2) is 5.82 Å². The van der Waals surface area contributed by atoms with Gasteiger partial charge < -0.3 is 0 Å². The first-order chi connectivity index (χ1) is 12.2. The number of para-hydroxylation sites is 1. The highest BCUT2D eigenvalue weighted by molar-refractivity contribution is 7.80. The lowest BCUT2D eigenvalue weighted by Crippen LogP contribution is -2.30. The Kier molecular flexibility index (Phi) is 5.57. The van der Waals surface area contributed by atoms with Gasteiger partial charge in [-0.1, -0.05) is 64.9 Å². The number of fused-ring (bicyclic) bond motifs is 1. The number of hydrogen-bond acceptors (Lipinski definition) is 5. The molecule has 0 spiro atoms. The molecule has 6 nitrogen and oxygen atoms in total. The fraction of sp³-hybridized carbons (Fsp3) is 0.222. The number of hydrogen-bond donors (Lipinski definition) is 0. The third-order valence-electron chi connectivity index (χ3n) is 3.62. The summed E-state index contributed by atoms with van der Waals surface area (Å²) in [5, 5.41) is 0.394. The molecule has 25 heavy (non-hydrogen) atoms. The molecule has 3 aromatic rings. The quantitative estimate of drug-likeness (QED) is 0.480. The van der Waals surface area contributed by atoms with Gasteiger partial charge >= 0.3 is 0 Å². The third kappa shape index (κ3) is 3.94. The summed E-state index contributed by atoms with van der Waals surface area (Å²) in [6.45, 7) is 1.99. The zero-order valence-electron chi connectivity index (χ0n) is 13.8. The maximum atomic E-state index is 12.8. The van der Waals surface area contributed by atoms with Crippen molar-refractivity contribution in [3.8, 4) is 11.4 Å². The van der Waals surface area contributed by atoms with E-state index in [4.69, 9.17) is 9.32 Å². The highest BCUT2D eigenvalue weighted by atomic mass is 32.2. The number of benzene rings is 2. The molecule has 0 bridgehead atoms. The van der Waals surface area contributed by atoms with Gasteiger partial charge in [-0.05, 0) is 18.6 Å². The van der Waals surface area contributed by atoms with Gasteiger partial charge in [-0.2, -0.15) is 0 Å². The zero-order valence-corrected chi connectivity index (χ0v) is 14.6. The Bertz CT molecular complexity index is 941. The minimum absolute atomic E-state index is 0.289. The Labute approximate surface area is 147 Å². The first kappa shape index (κ1) is 17.3. The number of nitrogens with zero attached hydrogens (tertiary/aromatic N) is 2. The Hall–Kier alpha value is -2.51. The second kappa shape index (κ2) is 8.04. The highest BCUT2D eigenvalue weighted by Gasteiger charge is 2.15. The fourth-order valence-electron chi connectivity index (χ4n) is 2.32. The molecule has 2 aromatic carbocycles. The van der Waals surface area contributed by atoms with E-state index >= 15 is 0 Å². The average molecular weight is 358 g/mol. The van der Waals surface area contributed by atoms with Crippen molar-refractivity contribution in [1.29, 1.82) is 0 Å². The van der Waals surface area contributed by atoms with Crippen LogP contribution in [0.2, 0.25) is 0 Å². The number of unbranched alkanes of at least 4 members (excludes halogenated alkanes) is 1.